The summed E-state index contributed by atoms with van der Waals surface area (Å²) in [5.74, 6) is -2.50. The number of nitrogens with one attached hydrogen (secondary N) is 4. The average molecular weight is 791 g/mol. The van der Waals surface area contributed by atoms with Crippen molar-refractivity contribution >= 4 is 29.8 Å². The summed E-state index contributed by atoms with van der Waals surface area (Å²) in [6.07, 6.45) is 0.548. The Labute approximate surface area is 340 Å². The summed E-state index contributed by atoms with van der Waals surface area (Å²) in [6, 6.07) is 34.5. The van der Waals surface area contributed by atoms with Gasteiger partial charge < -0.3 is 35.8 Å². The van der Waals surface area contributed by atoms with Gasteiger partial charge in [-0.1, -0.05) is 141 Å². The molecule has 58 heavy (non-hydrogen) atoms. The number of carbonyl (C=O) groups is 5. The van der Waals surface area contributed by atoms with Gasteiger partial charge in [0.2, 0.25) is 17.7 Å². The van der Waals surface area contributed by atoms with Crippen LogP contribution in [0.3, 0.4) is 0 Å². The monoisotopic (exact) mass is 790 g/mol. The first-order chi connectivity index (χ1) is 27.9. The van der Waals surface area contributed by atoms with Crippen LogP contribution in [0.25, 0.3) is 0 Å². The molecule has 0 radical (unpaired) electrons. The number of aliphatic hydroxyl groups is 1. The normalized spacial score (nSPS) is 13.4. The van der Waals surface area contributed by atoms with Crippen LogP contribution in [0.5, 0.6) is 0 Å². The number of carbonyl (C=O) groups excluding carboxylic acids is 5. The quantitative estimate of drug-likeness (QED) is 0.0432. The molecule has 4 aromatic rings. The summed E-state index contributed by atoms with van der Waals surface area (Å²) in [6.45, 7) is 6.87. The maximum Gasteiger partial charge on any atom is 0.408 e. The van der Waals surface area contributed by atoms with Crippen molar-refractivity contribution in [2.45, 2.75) is 83.3 Å². The maximum atomic E-state index is 14.1. The van der Waals surface area contributed by atoms with Crippen LogP contribution in [-0.4, -0.2) is 65.7 Å². The Morgan fingerprint density at radius 2 is 1.21 bits per heavy atom. The molecule has 0 aromatic heterocycles. The molecule has 0 heterocycles. The van der Waals surface area contributed by atoms with E-state index in [-0.39, 0.29) is 44.3 Å². The molecular weight excluding hydrogens is 737 g/mol. The lowest BCUT2D eigenvalue weighted by Crippen LogP contribution is -2.58. The van der Waals surface area contributed by atoms with Gasteiger partial charge >= 0.3 is 12.1 Å². The van der Waals surface area contributed by atoms with Crippen LogP contribution in [-0.2, 0) is 40.8 Å². The standard InChI is InChI=1S/C46H54N4O8/c1-5-57-41(53)29-27-38(26-28-40(52)50-46(35-20-12-7-13-21-35,36-22-14-8-15-23-36)37-24-16-9-17-25-37)47-44(55)42(33(4)51)49-43(54)39(30-32(2)3)48-45(56)58-31-34-18-10-6-11-19-34/h6-25,27,29,32-33,38-39,42,51H,5,26,28,30-31H2,1-4H3,(H,47,55)(H,48,56)(H,49,54)(H,50,52)/b29-27+/t33-,38+,39+,42+/m1/s1. The third-order valence-corrected chi connectivity index (χ3v) is 9.30. The van der Waals surface area contributed by atoms with Crippen molar-refractivity contribution < 1.29 is 38.6 Å². The first-order valence-electron chi connectivity index (χ1n) is 19.5. The van der Waals surface area contributed by atoms with Gasteiger partial charge in [-0.3, -0.25) is 14.4 Å². The highest BCUT2D eigenvalue weighted by molar-refractivity contribution is 5.92. The second-order valence-corrected chi connectivity index (χ2v) is 14.3. The molecule has 0 aliphatic carbocycles. The fourth-order valence-corrected chi connectivity index (χ4v) is 6.48. The minimum atomic E-state index is -1.46. The molecule has 0 fully saturated rings. The van der Waals surface area contributed by atoms with Crippen LogP contribution in [0.15, 0.2) is 133 Å². The van der Waals surface area contributed by atoms with E-state index in [0.717, 1.165) is 28.3 Å². The second-order valence-electron chi connectivity index (χ2n) is 14.3. The second kappa shape index (κ2) is 22.5. The van der Waals surface area contributed by atoms with Gasteiger partial charge in [-0.25, -0.2) is 9.59 Å². The molecule has 5 N–H and O–H groups in total. The SMILES string of the molecule is CCOC(=O)/C=C/[C@H](CCC(=O)NC(c1ccccc1)(c1ccccc1)c1ccccc1)NC(=O)[C@@H](NC(=O)[C@H](CC(C)C)NC(=O)OCc1ccccc1)[C@@H](C)O. The Kier molecular flexibility index (Phi) is 17.2. The number of ether oxygens (including phenoxy) is 2. The van der Waals surface area contributed by atoms with Gasteiger partial charge in [-0.15, -0.1) is 0 Å². The number of benzene rings is 4. The summed E-state index contributed by atoms with van der Waals surface area (Å²) in [5.41, 5.74) is 2.19. The number of amides is 4. The molecule has 0 saturated heterocycles. The largest absolute Gasteiger partial charge is 0.463 e. The van der Waals surface area contributed by atoms with Crippen LogP contribution in [0, 0.1) is 5.92 Å². The molecule has 0 bridgehead atoms. The van der Waals surface area contributed by atoms with E-state index in [1.54, 1.807) is 19.1 Å². The average Bonchev–Trinajstić information content (AvgIpc) is 3.23. The van der Waals surface area contributed by atoms with Crippen molar-refractivity contribution in [1.29, 1.82) is 0 Å². The molecule has 4 atom stereocenters. The predicted octanol–water partition coefficient (Wildman–Crippen LogP) is 5.69. The molecule has 0 saturated carbocycles. The minimum Gasteiger partial charge on any atom is -0.463 e. The van der Waals surface area contributed by atoms with E-state index in [0.29, 0.717) is 0 Å². The van der Waals surface area contributed by atoms with Crippen molar-refractivity contribution in [2.75, 3.05) is 6.61 Å². The fourth-order valence-electron chi connectivity index (χ4n) is 6.48. The van der Waals surface area contributed by atoms with Gasteiger partial charge in [0, 0.05) is 18.5 Å². The molecular formula is C46H54N4O8. The summed E-state index contributed by atoms with van der Waals surface area (Å²) >= 11 is 0. The number of rotatable bonds is 20. The van der Waals surface area contributed by atoms with E-state index in [1.807, 2.05) is 123 Å². The summed E-state index contributed by atoms with van der Waals surface area (Å²) in [4.78, 5) is 66.6. The Bertz CT molecular complexity index is 1840. The lowest BCUT2D eigenvalue weighted by Gasteiger charge is -2.37. The number of aliphatic hydroxyl groups excluding tert-OH is 1. The first-order valence-corrected chi connectivity index (χ1v) is 19.5. The molecule has 0 unspecified atom stereocenters. The Morgan fingerprint density at radius 3 is 1.69 bits per heavy atom. The first kappa shape index (κ1) is 44.4. The van der Waals surface area contributed by atoms with Gasteiger partial charge in [0.15, 0.2) is 0 Å². The maximum absolute atomic E-state index is 14.1. The van der Waals surface area contributed by atoms with Gasteiger partial charge in [0.1, 0.15) is 24.2 Å². The topological polar surface area (TPSA) is 172 Å². The van der Waals surface area contributed by atoms with Gasteiger partial charge in [0.05, 0.1) is 12.7 Å². The molecule has 4 amide bonds. The van der Waals surface area contributed by atoms with Crippen LogP contribution in [0.2, 0.25) is 0 Å². The summed E-state index contributed by atoms with van der Waals surface area (Å²) in [5, 5.41) is 21.9. The predicted molar refractivity (Wildman–Crippen MR) is 221 cm³/mol. The van der Waals surface area contributed by atoms with E-state index in [1.165, 1.54) is 13.0 Å². The lowest BCUT2D eigenvalue weighted by molar-refractivity contribution is -0.137. The zero-order valence-electron chi connectivity index (χ0n) is 33.4. The molecule has 0 aliphatic rings. The van der Waals surface area contributed by atoms with E-state index >= 15 is 0 Å². The Morgan fingerprint density at radius 1 is 0.690 bits per heavy atom. The highest BCUT2D eigenvalue weighted by atomic mass is 16.5. The van der Waals surface area contributed by atoms with Crippen molar-refractivity contribution in [3.05, 3.63) is 156 Å². The summed E-state index contributed by atoms with van der Waals surface area (Å²) in [7, 11) is 0. The summed E-state index contributed by atoms with van der Waals surface area (Å²) < 4.78 is 10.4. The third kappa shape index (κ3) is 13.2. The number of hydrogen-bond donors (Lipinski definition) is 5. The zero-order valence-corrected chi connectivity index (χ0v) is 33.4. The van der Waals surface area contributed by atoms with Crippen molar-refractivity contribution in [3.8, 4) is 0 Å². The number of esters is 1. The molecule has 12 nitrogen and oxygen atoms in total. The van der Waals surface area contributed by atoms with E-state index in [9.17, 15) is 29.1 Å². The fraction of sp³-hybridized carbons (Fsp3) is 0.326. The third-order valence-electron chi connectivity index (χ3n) is 9.30. The Hall–Kier alpha value is -6.27. The van der Waals surface area contributed by atoms with Crippen molar-refractivity contribution in [3.63, 3.8) is 0 Å². The van der Waals surface area contributed by atoms with E-state index < -0.39 is 53.6 Å². The van der Waals surface area contributed by atoms with Gasteiger partial charge in [-0.05, 0) is 54.9 Å². The molecule has 12 heteroatoms. The molecule has 0 spiro atoms. The van der Waals surface area contributed by atoms with E-state index in [4.69, 9.17) is 9.47 Å². The van der Waals surface area contributed by atoms with Crippen molar-refractivity contribution in [1.82, 2.24) is 21.3 Å². The van der Waals surface area contributed by atoms with Gasteiger partial charge in [0.25, 0.3) is 0 Å². The highest BCUT2D eigenvalue weighted by Gasteiger charge is 2.38. The van der Waals surface area contributed by atoms with Crippen LogP contribution in [0.1, 0.15) is 69.2 Å². The van der Waals surface area contributed by atoms with Gasteiger partial charge in [-0.2, -0.15) is 0 Å². The van der Waals surface area contributed by atoms with Crippen LogP contribution < -0.4 is 21.3 Å². The smallest absolute Gasteiger partial charge is 0.408 e. The van der Waals surface area contributed by atoms with Crippen LogP contribution >= 0.6 is 0 Å². The molecule has 4 rings (SSSR count). The number of alkyl carbamates (subject to hydrolysis) is 1. The van der Waals surface area contributed by atoms with E-state index in [2.05, 4.69) is 21.3 Å². The zero-order chi connectivity index (χ0) is 41.9. The molecule has 0 aliphatic heterocycles. The Balaban J connectivity index is 1.53. The molecule has 4 aromatic carbocycles. The lowest BCUT2D eigenvalue weighted by atomic mass is 9.77. The highest BCUT2D eigenvalue weighted by Crippen LogP contribution is 2.37. The number of hydrogen-bond acceptors (Lipinski definition) is 8. The minimum absolute atomic E-state index is 0.00806. The molecule has 306 valence electrons. The van der Waals surface area contributed by atoms with Crippen LogP contribution in [0.4, 0.5) is 4.79 Å². The van der Waals surface area contributed by atoms with Crippen molar-refractivity contribution in [2.24, 2.45) is 5.92 Å².